The average Bonchev–Trinajstić information content (AvgIpc) is 3.37. The lowest BCUT2D eigenvalue weighted by Crippen LogP contribution is -2.21. The Kier molecular flexibility index (Phi) is 3.55. The molecule has 9 heteroatoms. The summed E-state index contributed by atoms with van der Waals surface area (Å²) in [4.78, 5) is 20.9. The van der Waals surface area contributed by atoms with Gasteiger partial charge in [-0.2, -0.15) is 18.3 Å². The van der Waals surface area contributed by atoms with Gasteiger partial charge in [-0.15, -0.1) is 0 Å². The van der Waals surface area contributed by atoms with Crippen LogP contribution in [0.1, 0.15) is 18.5 Å². The fraction of sp³-hybridized carbons (Fsp3) is 0.263. The number of hydrogen-bond donors (Lipinski definition) is 0. The van der Waals surface area contributed by atoms with Gasteiger partial charge in [0, 0.05) is 29.7 Å². The van der Waals surface area contributed by atoms with E-state index in [1.165, 1.54) is 18.5 Å². The number of alkyl halides is 3. The molecule has 1 saturated carbocycles. The molecule has 6 nitrogen and oxygen atoms in total. The van der Waals surface area contributed by atoms with Gasteiger partial charge in [0.2, 0.25) is 0 Å². The molecule has 0 aromatic carbocycles. The fourth-order valence-corrected chi connectivity index (χ4v) is 3.35. The normalized spacial score (nSPS) is 14.8. The van der Waals surface area contributed by atoms with E-state index < -0.39 is 17.4 Å². The van der Waals surface area contributed by atoms with Gasteiger partial charge < -0.3 is 0 Å². The van der Waals surface area contributed by atoms with Gasteiger partial charge in [0.05, 0.1) is 11.9 Å². The lowest BCUT2D eigenvalue weighted by Gasteiger charge is -2.12. The Morgan fingerprint density at radius 3 is 2.64 bits per heavy atom. The minimum Gasteiger partial charge on any atom is -0.271 e. The van der Waals surface area contributed by atoms with Crippen molar-refractivity contribution < 1.29 is 13.2 Å². The van der Waals surface area contributed by atoms with Gasteiger partial charge in [-0.3, -0.25) is 19.0 Å². The van der Waals surface area contributed by atoms with Crippen molar-refractivity contribution in [3.8, 4) is 5.69 Å². The highest BCUT2D eigenvalue weighted by molar-refractivity contribution is 6.03. The fourth-order valence-electron chi connectivity index (χ4n) is 3.35. The number of pyridine rings is 3. The highest BCUT2D eigenvalue weighted by Crippen LogP contribution is 2.33. The van der Waals surface area contributed by atoms with Crippen LogP contribution in [0.5, 0.6) is 0 Å². The molecule has 0 saturated heterocycles. The Morgan fingerprint density at radius 2 is 1.96 bits per heavy atom. The summed E-state index contributed by atoms with van der Waals surface area (Å²) in [5.41, 5.74) is -1.09. The van der Waals surface area contributed by atoms with Crippen LogP contribution in [0.2, 0.25) is 0 Å². The zero-order valence-corrected chi connectivity index (χ0v) is 14.5. The van der Waals surface area contributed by atoms with Gasteiger partial charge in [0.1, 0.15) is 11.3 Å². The van der Waals surface area contributed by atoms with Gasteiger partial charge in [0.25, 0.3) is 5.56 Å². The number of hydrogen-bond acceptors (Lipinski definition) is 4. The van der Waals surface area contributed by atoms with Gasteiger partial charge in [-0.1, -0.05) is 0 Å². The number of halogens is 3. The summed E-state index contributed by atoms with van der Waals surface area (Å²) in [6, 6.07) is 5.49. The first-order chi connectivity index (χ1) is 13.4. The predicted molar refractivity (Wildman–Crippen MR) is 96.2 cm³/mol. The van der Waals surface area contributed by atoms with Crippen molar-refractivity contribution in [1.82, 2.24) is 24.3 Å². The molecule has 1 aliphatic rings. The highest BCUT2D eigenvalue weighted by atomic mass is 19.4. The van der Waals surface area contributed by atoms with E-state index in [1.807, 2.05) is 0 Å². The molecule has 5 rings (SSSR count). The lowest BCUT2D eigenvalue weighted by molar-refractivity contribution is -0.141. The summed E-state index contributed by atoms with van der Waals surface area (Å²) in [6.45, 7) is 0.691. The number of fused-ring (bicyclic) bond motifs is 3. The molecular formula is C19H14F3N5O. The molecule has 0 amide bonds. The first-order valence-electron chi connectivity index (χ1n) is 8.82. The average molecular weight is 385 g/mol. The van der Waals surface area contributed by atoms with Crippen molar-refractivity contribution in [1.29, 1.82) is 0 Å². The van der Waals surface area contributed by atoms with Gasteiger partial charge in [-0.05, 0) is 43.0 Å². The molecule has 1 fully saturated rings. The van der Waals surface area contributed by atoms with E-state index in [-0.39, 0.29) is 11.2 Å². The standard InChI is InChI=1S/C19H14F3N5O/c20-19(21,22)15-6-5-13-14-10-26(9-11-3-4-11)25-16(14)18(28)27(17(13)24-15)12-2-1-7-23-8-12/h1-2,5-8,10-11H,3-4,9H2. The van der Waals surface area contributed by atoms with Crippen LogP contribution in [0.3, 0.4) is 0 Å². The SMILES string of the molecule is O=c1c2nn(CC3CC3)cc2c2ccc(C(F)(F)F)nc2n1-c1cccnc1. The van der Waals surface area contributed by atoms with Crippen LogP contribution in [0, 0.1) is 5.92 Å². The molecule has 0 atom stereocenters. The predicted octanol–water partition coefficient (Wildman–Crippen LogP) is 3.56. The molecule has 1 aliphatic carbocycles. The van der Waals surface area contributed by atoms with Crippen molar-refractivity contribution in [2.75, 3.05) is 0 Å². The van der Waals surface area contributed by atoms with Crippen LogP contribution in [-0.4, -0.2) is 24.3 Å². The maximum Gasteiger partial charge on any atom is 0.433 e. The molecule has 0 N–H and O–H groups in total. The third kappa shape index (κ3) is 2.74. The molecule has 0 unspecified atom stereocenters. The van der Waals surface area contributed by atoms with E-state index >= 15 is 0 Å². The second kappa shape index (κ2) is 5.88. The minimum absolute atomic E-state index is 0.0636. The van der Waals surface area contributed by atoms with E-state index in [4.69, 9.17) is 0 Å². The molecule has 142 valence electrons. The van der Waals surface area contributed by atoms with E-state index in [9.17, 15) is 18.0 Å². The summed E-state index contributed by atoms with van der Waals surface area (Å²) in [5.74, 6) is 0.538. The van der Waals surface area contributed by atoms with Crippen molar-refractivity contribution >= 4 is 21.9 Å². The first-order valence-corrected chi connectivity index (χ1v) is 8.82. The number of nitrogens with zero attached hydrogens (tertiary/aromatic N) is 5. The second-order valence-corrected chi connectivity index (χ2v) is 6.97. The Bertz CT molecular complexity index is 1260. The molecule has 0 aliphatic heterocycles. The van der Waals surface area contributed by atoms with Crippen molar-refractivity contribution in [3.63, 3.8) is 0 Å². The summed E-state index contributed by atoms with van der Waals surface area (Å²) in [5, 5.41) is 5.35. The Labute approximate surface area is 156 Å². The van der Waals surface area contributed by atoms with Crippen LogP contribution in [0.4, 0.5) is 13.2 Å². The van der Waals surface area contributed by atoms with Crippen LogP contribution in [-0.2, 0) is 12.7 Å². The third-order valence-electron chi connectivity index (χ3n) is 4.88. The Morgan fingerprint density at radius 1 is 1.14 bits per heavy atom. The van der Waals surface area contributed by atoms with Crippen LogP contribution in [0.15, 0.2) is 47.7 Å². The molecule has 0 spiro atoms. The Hall–Kier alpha value is -3.23. The lowest BCUT2D eigenvalue weighted by atomic mass is 10.1. The van der Waals surface area contributed by atoms with E-state index in [0.717, 1.165) is 23.5 Å². The molecule has 4 aromatic rings. The molecule has 0 bridgehead atoms. The van der Waals surface area contributed by atoms with E-state index in [2.05, 4.69) is 15.1 Å². The first kappa shape index (κ1) is 16.9. The van der Waals surface area contributed by atoms with Crippen molar-refractivity contribution in [2.45, 2.75) is 25.6 Å². The van der Waals surface area contributed by atoms with Crippen LogP contribution >= 0.6 is 0 Å². The summed E-state index contributed by atoms with van der Waals surface area (Å²) < 4.78 is 42.6. The van der Waals surface area contributed by atoms with E-state index in [0.29, 0.717) is 28.9 Å². The molecule has 0 radical (unpaired) electrons. The largest absolute Gasteiger partial charge is 0.433 e. The van der Waals surface area contributed by atoms with Crippen LogP contribution < -0.4 is 5.56 Å². The quantitative estimate of drug-likeness (QED) is 0.541. The second-order valence-electron chi connectivity index (χ2n) is 6.97. The Balaban J connectivity index is 1.87. The zero-order valence-electron chi connectivity index (χ0n) is 14.5. The smallest absolute Gasteiger partial charge is 0.271 e. The summed E-state index contributed by atoms with van der Waals surface area (Å²) >= 11 is 0. The number of aromatic nitrogens is 5. The molecule has 4 aromatic heterocycles. The van der Waals surface area contributed by atoms with Gasteiger partial charge >= 0.3 is 6.18 Å². The topological polar surface area (TPSA) is 65.6 Å². The van der Waals surface area contributed by atoms with Gasteiger partial charge in [-0.25, -0.2) is 4.98 Å². The summed E-state index contributed by atoms with van der Waals surface area (Å²) in [7, 11) is 0. The molecule has 4 heterocycles. The van der Waals surface area contributed by atoms with Crippen LogP contribution in [0.25, 0.3) is 27.6 Å². The maximum absolute atomic E-state index is 13.2. The van der Waals surface area contributed by atoms with Crippen molar-refractivity contribution in [3.05, 3.63) is 58.9 Å². The highest BCUT2D eigenvalue weighted by Gasteiger charge is 2.33. The maximum atomic E-state index is 13.2. The summed E-state index contributed by atoms with van der Waals surface area (Å²) in [6.07, 6.45) is 2.28. The third-order valence-corrected chi connectivity index (χ3v) is 4.88. The molecule has 28 heavy (non-hydrogen) atoms. The molecular weight excluding hydrogens is 371 g/mol. The van der Waals surface area contributed by atoms with Gasteiger partial charge in [0.15, 0.2) is 5.52 Å². The monoisotopic (exact) mass is 385 g/mol. The van der Waals surface area contributed by atoms with Crippen molar-refractivity contribution in [2.24, 2.45) is 5.92 Å². The number of rotatable bonds is 3. The van der Waals surface area contributed by atoms with E-state index in [1.54, 1.807) is 23.0 Å². The minimum atomic E-state index is -4.62. The zero-order chi connectivity index (χ0) is 19.5.